The van der Waals surface area contributed by atoms with E-state index in [0.717, 1.165) is 6.20 Å². The second-order valence-corrected chi connectivity index (χ2v) is 3.46. The van der Waals surface area contributed by atoms with Crippen LogP contribution in [0, 0.1) is 15.9 Å². The zero-order valence-electron chi connectivity index (χ0n) is 7.94. The molecule has 1 N–H and O–H groups in total. The van der Waals surface area contributed by atoms with E-state index in [0.29, 0.717) is 10.7 Å². The van der Waals surface area contributed by atoms with Crippen LogP contribution >= 0.6 is 11.8 Å². The normalized spacial score (nSPS) is 11.2. The van der Waals surface area contributed by atoms with Crippen molar-refractivity contribution in [2.24, 2.45) is 0 Å². The van der Waals surface area contributed by atoms with Crippen molar-refractivity contribution in [2.75, 3.05) is 11.6 Å². The number of hydrogen-bond donors (Lipinski definition) is 1. The van der Waals surface area contributed by atoms with Crippen LogP contribution in [0.5, 0.6) is 0 Å². The zero-order valence-corrected chi connectivity index (χ0v) is 8.75. The van der Waals surface area contributed by atoms with Crippen LogP contribution in [0.4, 0.5) is 10.1 Å². The minimum Gasteiger partial charge on any atom is -0.345 e. The topological polar surface area (TPSA) is 55.2 Å². The number of halogens is 1. The highest BCUT2D eigenvalue weighted by atomic mass is 32.2. The standard InChI is InChI=1S/C9H9FN2O2S/c1-15-9(6-12(13)14)11-8-4-2-7(10)3-5-8/h2-6,11H,1H3/b9-6+. The van der Waals surface area contributed by atoms with Crippen LogP contribution < -0.4 is 5.32 Å². The molecule has 15 heavy (non-hydrogen) atoms. The van der Waals surface area contributed by atoms with E-state index >= 15 is 0 Å². The van der Waals surface area contributed by atoms with Gasteiger partial charge in [0.15, 0.2) is 0 Å². The molecule has 0 radical (unpaired) electrons. The summed E-state index contributed by atoms with van der Waals surface area (Å²) < 4.78 is 12.6. The number of nitrogens with zero attached hydrogens (tertiary/aromatic N) is 1. The fourth-order valence-electron chi connectivity index (χ4n) is 0.907. The molecule has 0 saturated heterocycles. The Balaban J connectivity index is 2.75. The molecule has 0 aromatic heterocycles. The first-order chi connectivity index (χ1) is 7.11. The van der Waals surface area contributed by atoms with Gasteiger partial charge in [0, 0.05) is 5.69 Å². The maximum absolute atomic E-state index is 12.6. The molecule has 0 amide bonds. The molecular formula is C9H9FN2O2S. The summed E-state index contributed by atoms with van der Waals surface area (Å²) in [6.07, 6.45) is 2.58. The minimum atomic E-state index is -0.539. The minimum absolute atomic E-state index is 0.343. The van der Waals surface area contributed by atoms with Crippen molar-refractivity contribution in [3.63, 3.8) is 0 Å². The molecule has 80 valence electrons. The summed E-state index contributed by atoms with van der Waals surface area (Å²) >= 11 is 1.21. The van der Waals surface area contributed by atoms with E-state index in [1.165, 1.54) is 36.0 Å². The van der Waals surface area contributed by atoms with E-state index in [9.17, 15) is 14.5 Å². The van der Waals surface area contributed by atoms with E-state index in [-0.39, 0.29) is 5.82 Å². The summed E-state index contributed by atoms with van der Waals surface area (Å²) in [5, 5.41) is 13.4. The highest BCUT2D eigenvalue weighted by molar-refractivity contribution is 8.02. The molecule has 6 heteroatoms. The van der Waals surface area contributed by atoms with Gasteiger partial charge in [-0.15, -0.1) is 11.8 Å². The van der Waals surface area contributed by atoms with Crippen LogP contribution in [0.25, 0.3) is 0 Å². The van der Waals surface area contributed by atoms with Gasteiger partial charge in [-0.25, -0.2) is 4.39 Å². The fraction of sp³-hybridized carbons (Fsp3) is 0.111. The van der Waals surface area contributed by atoms with Gasteiger partial charge in [0.25, 0.3) is 6.20 Å². The number of nitrogens with one attached hydrogen (secondary N) is 1. The van der Waals surface area contributed by atoms with Gasteiger partial charge in [0.2, 0.25) is 0 Å². The fourth-order valence-corrected chi connectivity index (χ4v) is 1.32. The van der Waals surface area contributed by atoms with Gasteiger partial charge in [0.05, 0.1) is 4.92 Å². The van der Waals surface area contributed by atoms with Crippen LogP contribution in [0.1, 0.15) is 0 Å². The van der Waals surface area contributed by atoms with Crippen molar-refractivity contribution >= 4 is 17.4 Å². The lowest BCUT2D eigenvalue weighted by molar-refractivity contribution is -0.402. The zero-order chi connectivity index (χ0) is 11.3. The molecule has 0 aliphatic carbocycles. The average Bonchev–Trinajstić information content (AvgIpc) is 2.19. The smallest absolute Gasteiger partial charge is 0.264 e. The van der Waals surface area contributed by atoms with Gasteiger partial charge in [0.1, 0.15) is 10.8 Å². The molecule has 0 aliphatic heterocycles. The van der Waals surface area contributed by atoms with Gasteiger partial charge >= 0.3 is 0 Å². The predicted octanol–water partition coefficient (Wildman–Crippen LogP) is 2.68. The molecule has 0 heterocycles. The Morgan fingerprint density at radius 1 is 1.53 bits per heavy atom. The Labute approximate surface area is 90.3 Å². The molecule has 0 unspecified atom stereocenters. The summed E-state index contributed by atoms with van der Waals surface area (Å²) in [5.41, 5.74) is 0.610. The van der Waals surface area contributed by atoms with E-state index in [1.807, 2.05) is 0 Å². The van der Waals surface area contributed by atoms with Crippen molar-refractivity contribution in [3.05, 3.63) is 51.4 Å². The van der Waals surface area contributed by atoms with E-state index in [1.54, 1.807) is 6.26 Å². The van der Waals surface area contributed by atoms with Crippen molar-refractivity contribution in [3.8, 4) is 0 Å². The van der Waals surface area contributed by atoms with Gasteiger partial charge < -0.3 is 5.32 Å². The van der Waals surface area contributed by atoms with Crippen LogP contribution in [0.15, 0.2) is 35.5 Å². The molecule has 0 saturated carbocycles. The van der Waals surface area contributed by atoms with E-state index in [4.69, 9.17) is 0 Å². The molecular weight excluding hydrogens is 219 g/mol. The average molecular weight is 228 g/mol. The quantitative estimate of drug-likeness (QED) is 0.635. The van der Waals surface area contributed by atoms with E-state index in [2.05, 4.69) is 5.32 Å². The van der Waals surface area contributed by atoms with Crippen LogP contribution in [-0.2, 0) is 0 Å². The van der Waals surface area contributed by atoms with Crippen LogP contribution in [-0.4, -0.2) is 11.2 Å². The molecule has 1 rings (SSSR count). The Kier molecular flexibility index (Phi) is 4.11. The summed E-state index contributed by atoms with van der Waals surface area (Å²) in [6, 6.07) is 5.59. The molecule has 0 atom stereocenters. The third-order valence-corrected chi connectivity index (χ3v) is 2.20. The SMILES string of the molecule is CS/C(=C/[N+](=O)[O-])Nc1ccc(F)cc1. The first-order valence-corrected chi connectivity index (χ1v) is 5.26. The van der Waals surface area contributed by atoms with Gasteiger partial charge in [-0.2, -0.15) is 0 Å². The predicted molar refractivity (Wildman–Crippen MR) is 58.6 cm³/mol. The first kappa shape index (κ1) is 11.5. The van der Waals surface area contributed by atoms with E-state index < -0.39 is 4.92 Å². The molecule has 0 fully saturated rings. The highest BCUT2D eigenvalue weighted by Crippen LogP contribution is 2.17. The Morgan fingerprint density at radius 3 is 2.60 bits per heavy atom. The van der Waals surface area contributed by atoms with Crippen molar-refractivity contribution in [1.82, 2.24) is 0 Å². The number of thioether (sulfide) groups is 1. The Morgan fingerprint density at radius 2 is 2.13 bits per heavy atom. The number of anilines is 1. The molecule has 0 bridgehead atoms. The molecule has 4 nitrogen and oxygen atoms in total. The van der Waals surface area contributed by atoms with Crippen molar-refractivity contribution < 1.29 is 9.31 Å². The Hall–Kier alpha value is -1.56. The third kappa shape index (κ3) is 3.99. The number of rotatable bonds is 4. The number of benzene rings is 1. The summed E-state index contributed by atoms with van der Waals surface area (Å²) in [7, 11) is 0. The highest BCUT2D eigenvalue weighted by Gasteiger charge is 2.01. The number of hydrogen-bond acceptors (Lipinski definition) is 4. The van der Waals surface area contributed by atoms with Crippen LogP contribution in [0.3, 0.4) is 0 Å². The lowest BCUT2D eigenvalue weighted by Crippen LogP contribution is -1.98. The Bertz CT molecular complexity index is 378. The third-order valence-electron chi connectivity index (χ3n) is 1.55. The largest absolute Gasteiger partial charge is 0.345 e. The number of nitro groups is 1. The lowest BCUT2D eigenvalue weighted by Gasteiger charge is -2.05. The summed E-state index contributed by atoms with van der Waals surface area (Å²) in [5.74, 6) is -0.343. The van der Waals surface area contributed by atoms with Gasteiger partial charge in [-0.1, -0.05) is 0 Å². The summed E-state index contributed by atoms with van der Waals surface area (Å²) in [6.45, 7) is 0. The monoisotopic (exact) mass is 228 g/mol. The molecule has 1 aromatic rings. The molecule has 0 aliphatic rings. The lowest BCUT2D eigenvalue weighted by atomic mass is 10.3. The van der Waals surface area contributed by atoms with Gasteiger partial charge in [-0.05, 0) is 30.5 Å². The second kappa shape index (κ2) is 5.35. The second-order valence-electron chi connectivity index (χ2n) is 2.61. The van der Waals surface area contributed by atoms with Crippen molar-refractivity contribution in [1.29, 1.82) is 0 Å². The maximum atomic E-state index is 12.6. The van der Waals surface area contributed by atoms with Gasteiger partial charge in [-0.3, -0.25) is 10.1 Å². The van der Waals surface area contributed by atoms with Crippen molar-refractivity contribution in [2.45, 2.75) is 0 Å². The molecule has 1 aromatic carbocycles. The summed E-state index contributed by atoms with van der Waals surface area (Å²) in [4.78, 5) is 9.69. The first-order valence-electron chi connectivity index (χ1n) is 4.03. The molecule has 0 spiro atoms. The maximum Gasteiger partial charge on any atom is 0.264 e. The van der Waals surface area contributed by atoms with Crippen LogP contribution in [0.2, 0.25) is 0 Å².